The van der Waals surface area contributed by atoms with Crippen LogP contribution < -0.4 is 5.73 Å². The second kappa shape index (κ2) is 7.02. The van der Waals surface area contributed by atoms with Gasteiger partial charge in [0.05, 0.1) is 4.90 Å². The largest absolute Gasteiger partial charge is 0.326 e. The maximum Gasteiger partial charge on any atom is 0.243 e. The van der Waals surface area contributed by atoms with E-state index in [0.29, 0.717) is 18.0 Å². The highest BCUT2D eigenvalue weighted by molar-refractivity contribution is 9.10. The van der Waals surface area contributed by atoms with Gasteiger partial charge in [-0.05, 0) is 50.5 Å². The van der Waals surface area contributed by atoms with Crippen molar-refractivity contribution in [2.45, 2.75) is 51.6 Å². The van der Waals surface area contributed by atoms with Crippen LogP contribution in [0.4, 0.5) is 0 Å². The highest BCUT2D eigenvalue weighted by Gasteiger charge is 2.28. The predicted octanol–water partition coefficient (Wildman–Crippen LogP) is 3.03. The number of nitrogens with zero attached hydrogens (tertiary/aromatic N) is 1. The van der Waals surface area contributed by atoms with Crippen molar-refractivity contribution in [3.8, 4) is 0 Å². The molecule has 0 saturated carbocycles. The van der Waals surface area contributed by atoms with E-state index in [-0.39, 0.29) is 6.04 Å². The van der Waals surface area contributed by atoms with Crippen LogP contribution in [0.15, 0.2) is 21.5 Å². The number of rotatable bonds is 6. The van der Waals surface area contributed by atoms with Gasteiger partial charge in [0.25, 0.3) is 0 Å². The molecule has 0 radical (unpaired) electrons. The number of hydrogen-bond donors (Lipinski definition) is 1. The quantitative estimate of drug-likeness (QED) is 0.845. The van der Waals surface area contributed by atoms with E-state index in [1.165, 1.54) is 0 Å². The van der Waals surface area contributed by atoms with Crippen molar-refractivity contribution in [2.24, 2.45) is 5.73 Å². The molecule has 0 aliphatic rings. The van der Waals surface area contributed by atoms with E-state index in [1.54, 1.807) is 10.4 Å². The van der Waals surface area contributed by atoms with Crippen LogP contribution in [0.25, 0.3) is 0 Å². The Morgan fingerprint density at radius 2 is 1.95 bits per heavy atom. The maximum absolute atomic E-state index is 12.9. The summed E-state index contributed by atoms with van der Waals surface area (Å²) in [4.78, 5) is 0.342. The zero-order chi connectivity index (χ0) is 15.5. The first kappa shape index (κ1) is 17.6. The van der Waals surface area contributed by atoms with Crippen LogP contribution in [-0.4, -0.2) is 25.3 Å². The van der Waals surface area contributed by atoms with Crippen LogP contribution in [0.5, 0.6) is 0 Å². The molecule has 1 aromatic carbocycles. The average Bonchev–Trinajstić information content (AvgIpc) is 2.37. The van der Waals surface area contributed by atoms with E-state index >= 15 is 0 Å². The zero-order valence-electron chi connectivity index (χ0n) is 12.5. The van der Waals surface area contributed by atoms with Crippen molar-refractivity contribution in [1.29, 1.82) is 0 Å². The van der Waals surface area contributed by atoms with E-state index in [0.717, 1.165) is 22.0 Å². The van der Waals surface area contributed by atoms with Gasteiger partial charge in [-0.1, -0.05) is 22.9 Å². The van der Waals surface area contributed by atoms with Crippen LogP contribution in [0.3, 0.4) is 0 Å². The molecule has 1 aromatic rings. The van der Waals surface area contributed by atoms with Gasteiger partial charge in [-0.15, -0.1) is 0 Å². The monoisotopic (exact) mass is 362 g/mol. The van der Waals surface area contributed by atoms with Gasteiger partial charge in [-0.25, -0.2) is 8.42 Å². The Morgan fingerprint density at radius 1 is 1.35 bits per heavy atom. The molecule has 0 amide bonds. The number of hydrogen-bond acceptors (Lipinski definition) is 3. The standard InChI is InChI=1S/C14H23BrN2O2S/c1-5-6-17(10(2)3)20(18,19)14-8-12(9-16)7-13(15)11(14)4/h7-8,10H,5-6,9,16H2,1-4H3. The molecular formula is C14H23BrN2O2S. The van der Waals surface area contributed by atoms with Gasteiger partial charge in [0.1, 0.15) is 0 Å². The molecule has 0 heterocycles. The lowest BCUT2D eigenvalue weighted by molar-refractivity contribution is 0.354. The Hall–Kier alpha value is -0.430. The Morgan fingerprint density at radius 3 is 2.40 bits per heavy atom. The molecule has 0 spiro atoms. The minimum Gasteiger partial charge on any atom is -0.326 e. The first-order chi connectivity index (χ1) is 9.25. The van der Waals surface area contributed by atoms with Gasteiger partial charge in [0.15, 0.2) is 0 Å². The molecule has 6 heteroatoms. The summed E-state index contributed by atoms with van der Waals surface area (Å²) in [5.74, 6) is 0. The first-order valence-electron chi connectivity index (χ1n) is 6.76. The molecule has 20 heavy (non-hydrogen) atoms. The third kappa shape index (κ3) is 3.61. The summed E-state index contributed by atoms with van der Waals surface area (Å²) in [6, 6.07) is 3.48. The number of halogens is 1. The Balaban J connectivity index is 3.44. The van der Waals surface area contributed by atoms with E-state index in [9.17, 15) is 8.42 Å². The SMILES string of the molecule is CCCN(C(C)C)S(=O)(=O)c1cc(CN)cc(Br)c1C. The lowest BCUT2D eigenvalue weighted by Gasteiger charge is -2.26. The molecule has 0 aliphatic heterocycles. The lowest BCUT2D eigenvalue weighted by atomic mass is 10.1. The van der Waals surface area contributed by atoms with Crippen LogP contribution >= 0.6 is 15.9 Å². The van der Waals surface area contributed by atoms with Crippen LogP contribution in [0, 0.1) is 6.92 Å². The Bertz CT molecular complexity index is 571. The van der Waals surface area contributed by atoms with Crippen molar-refractivity contribution in [3.05, 3.63) is 27.7 Å². The first-order valence-corrected chi connectivity index (χ1v) is 8.99. The molecule has 0 aliphatic carbocycles. The number of nitrogens with two attached hydrogens (primary N) is 1. The van der Waals surface area contributed by atoms with E-state index in [4.69, 9.17) is 5.73 Å². The molecule has 114 valence electrons. The van der Waals surface area contributed by atoms with Crippen LogP contribution in [-0.2, 0) is 16.6 Å². The Kier molecular flexibility index (Phi) is 6.19. The minimum absolute atomic E-state index is 0.0698. The van der Waals surface area contributed by atoms with Gasteiger partial charge in [0.2, 0.25) is 10.0 Å². The molecule has 0 bridgehead atoms. The average molecular weight is 363 g/mol. The van der Waals surface area contributed by atoms with E-state index < -0.39 is 10.0 Å². The lowest BCUT2D eigenvalue weighted by Crippen LogP contribution is -2.37. The van der Waals surface area contributed by atoms with Gasteiger partial charge < -0.3 is 5.73 Å². The predicted molar refractivity (Wildman–Crippen MR) is 86.1 cm³/mol. The third-order valence-electron chi connectivity index (χ3n) is 3.20. The highest BCUT2D eigenvalue weighted by atomic mass is 79.9. The number of benzene rings is 1. The molecule has 4 nitrogen and oxygen atoms in total. The molecule has 1 rings (SSSR count). The molecule has 0 fully saturated rings. The molecule has 0 atom stereocenters. The third-order valence-corrected chi connectivity index (χ3v) is 6.22. The van der Waals surface area contributed by atoms with Gasteiger partial charge in [0, 0.05) is 23.6 Å². The van der Waals surface area contributed by atoms with Crippen molar-refractivity contribution < 1.29 is 8.42 Å². The van der Waals surface area contributed by atoms with Gasteiger partial charge in [-0.3, -0.25) is 0 Å². The van der Waals surface area contributed by atoms with Crippen LogP contribution in [0.2, 0.25) is 0 Å². The fraction of sp³-hybridized carbons (Fsp3) is 0.571. The molecule has 2 N–H and O–H groups in total. The smallest absolute Gasteiger partial charge is 0.243 e. The normalized spacial score (nSPS) is 12.4. The number of sulfonamides is 1. The second-order valence-corrected chi connectivity index (χ2v) is 7.83. The second-order valence-electron chi connectivity index (χ2n) is 5.11. The summed E-state index contributed by atoms with van der Waals surface area (Å²) in [6.07, 6.45) is 0.786. The summed E-state index contributed by atoms with van der Waals surface area (Å²) >= 11 is 3.42. The minimum atomic E-state index is -3.50. The molecule has 0 aromatic heterocycles. The topological polar surface area (TPSA) is 63.4 Å². The van der Waals surface area contributed by atoms with Crippen LogP contribution in [0.1, 0.15) is 38.3 Å². The van der Waals surface area contributed by atoms with E-state index in [2.05, 4.69) is 15.9 Å². The summed E-state index contributed by atoms with van der Waals surface area (Å²) in [5.41, 5.74) is 7.18. The molecular weight excluding hydrogens is 340 g/mol. The van der Waals surface area contributed by atoms with E-state index in [1.807, 2.05) is 33.8 Å². The van der Waals surface area contributed by atoms with Crippen molar-refractivity contribution >= 4 is 26.0 Å². The van der Waals surface area contributed by atoms with Crippen molar-refractivity contribution in [2.75, 3.05) is 6.54 Å². The van der Waals surface area contributed by atoms with Crippen molar-refractivity contribution in [3.63, 3.8) is 0 Å². The summed E-state index contributed by atoms with van der Waals surface area (Å²) in [7, 11) is -3.50. The fourth-order valence-electron chi connectivity index (χ4n) is 2.10. The fourth-order valence-corrected chi connectivity index (χ4v) is 4.76. The Labute approximate surface area is 130 Å². The molecule has 0 unspecified atom stereocenters. The summed E-state index contributed by atoms with van der Waals surface area (Å²) in [5, 5.41) is 0. The van der Waals surface area contributed by atoms with Crippen molar-refractivity contribution in [1.82, 2.24) is 4.31 Å². The molecule has 0 saturated heterocycles. The van der Waals surface area contributed by atoms with Gasteiger partial charge in [-0.2, -0.15) is 4.31 Å². The highest BCUT2D eigenvalue weighted by Crippen LogP contribution is 2.29. The zero-order valence-corrected chi connectivity index (χ0v) is 14.9. The maximum atomic E-state index is 12.9. The summed E-state index contributed by atoms with van der Waals surface area (Å²) < 4.78 is 28.1. The summed E-state index contributed by atoms with van der Waals surface area (Å²) in [6.45, 7) is 8.40. The van der Waals surface area contributed by atoms with Gasteiger partial charge >= 0.3 is 0 Å².